The third kappa shape index (κ3) is 2.11. The van der Waals surface area contributed by atoms with Crippen LogP contribution in [0.25, 0.3) is 11.4 Å². The van der Waals surface area contributed by atoms with Gasteiger partial charge in [0.1, 0.15) is 12.7 Å². The number of nitrogens with zero attached hydrogens (tertiary/aromatic N) is 3. The topological polar surface area (TPSA) is 38.7 Å². The van der Waals surface area contributed by atoms with Crippen molar-refractivity contribution in [2.45, 2.75) is 51.4 Å². The Morgan fingerprint density at radius 2 is 1.45 bits per heavy atom. The van der Waals surface area contributed by atoms with E-state index in [9.17, 15) is 0 Å². The molecular weight excluding hydrogens is 246 g/mol. The van der Waals surface area contributed by atoms with Crippen LogP contribution in [-0.2, 0) is 10.8 Å². The standard InChI is InChI=1S/C17H21N3/c1-16(2)7-8-17(3,4)14-9-12(5-6-13(14)16)15-19-10-18-11-20-15/h5-6,9-11H,7-8H2,1-4H3. The molecule has 20 heavy (non-hydrogen) atoms. The SMILES string of the molecule is CC1(C)CCC(C)(C)c2cc(-c3ncncn3)ccc21. The summed E-state index contributed by atoms with van der Waals surface area (Å²) >= 11 is 0. The molecule has 0 N–H and O–H groups in total. The summed E-state index contributed by atoms with van der Waals surface area (Å²) in [5.74, 6) is 0.752. The largest absolute Gasteiger partial charge is 0.225 e. The Hall–Kier alpha value is -1.77. The maximum absolute atomic E-state index is 4.26. The first kappa shape index (κ1) is 13.2. The molecule has 1 aliphatic rings. The molecule has 3 rings (SSSR count). The van der Waals surface area contributed by atoms with Gasteiger partial charge in [-0.15, -0.1) is 0 Å². The summed E-state index contributed by atoms with van der Waals surface area (Å²) in [6.45, 7) is 9.34. The van der Waals surface area contributed by atoms with Crippen molar-refractivity contribution in [1.29, 1.82) is 0 Å². The third-order valence-electron chi connectivity index (χ3n) is 4.60. The van der Waals surface area contributed by atoms with Crippen molar-refractivity contribution in [2.75, 3.05) is 0 Å². The Labute approximate surface area is 120 Å². The summed E-state index contributed by atoms with van der Waals surface area (Å²) in [6, 6.07) is 6.66. The van der Waals surface area contributed by atoms with E-state index in [0.29, 0.717) is 0 Å². The second-order valence-corrected chi connectivity index (χ2v) is 6.99. The second-order valence-electron chi connectivity index (χ2n) is 6.99. The summed E-state index contributed by atoms with van der Waals surface area (Å²) in [6.07, 6.45) is 5.56. The van der Waals surface area contributed by atoms with E-state index in [2.05, 4.69) is 60.8 Å². The minimum absolute atomic E-state index is 0.216. The van der Waals surface area contributed by atoms with Crippen molar-refractivity contribution in [3.63, 3.8) is 0 Å². The highest BCUT2D eigenvalue weighted by molar-refractivity contribution is 5.59. The van der Waals surface area contributed by atoms with Crippen molar-refractivity contribution in [2.24, 2.45) is 0 Å². The fraction of sp³-hybridized carbons (Fsp3) is 0.471. The summed E-state index contributed by atoms with van der Waals surface area (Å²) in [7, 11) is 0. The minimum atomic E-state index is 0.216. The van der Waals surface area contributed by atoms with Gasteiger partial charge in [-0.3, -0.25) is 0 Å². The molecule has 1 aliphatic carbocycles. The van der Waals surface area contributed by atoms with Crippen LogP contribution in [0.5, 0.6) is 0 Å². The Morgan fingerprint density at radius 3 is 2.10 bits per heavy atom. The monoisotopic (exact) mass is 267 g/mol. The molecule has 0 saturated heterocycles. The fourth-order valence-corrected chi connectivity index (χ4v) is 3.12. The lowest BCUT2D eigenvalue weighted by atomic mass is 9.63. The number of hydrogen-bond acceptors (Lipinski definition) is 3. The number of hydrogen-bond donors (Lipinski definition) is 0. The highest BCUT2D eigenvalue weighted by Gasteiger charge is 2.37. The number of aromatic nitrogens is 3. The zero-order valence-electron chi connectivity index (χ0n) is 12.6. The van der Waals surface area contributed by atoms with E-state index in [4.69, 9.17) is 0 Å². The summed E-state index contributed by atoms with van der Waals surface area (Å²) < 4.78 is 0. The molecule has 0 aliphatic heterocycles. The number of rotatable bonds is 1. The Bertz CT molecular complexity index is 630. The van der Waals surface area contributed by atoms with Gasteiger partial charge in [0.05, 0.1) is 0 Å². The first-order valence-corrected chi connectivity index (χ1v) is 7.18. The van der Waals surface area contributed by atoms with Gasteiger partial charge in [0.25, 0.3) is 0 Å². The Kier molecular flexibility index (Phi) is 2.89. The predicted octanol–water partition coefficient (Wildman–Crippen LogP) is 3.89. The van der Waals surface area contributed by atoms with Crippen LogP contribution in [-0.4, -0.2) is 15.0 Å². The van der Waals surface area contributed by atoms with Crippen molar-refractivity contribution < 1.29 is 0 Å². The number of benzene rings is 1. The molecule has 1 aromatic carbocycles. The van der Waals surface area contributed by atoms with E-state index in [1.807, 2.05) is 0 Å². The van der Waals surface area contributed by atoms with E-state index >= 15 is 0 Å². The van der Waals surface area contributed by atoms with Gasteiger partial charge in [0, 0.05) is 5.56 Å². The molecule has 3 nitrogen and oxygen atoms in total. The molecule has 1 heterocycles. The zero-order valence-corrected chi connectivity index (χ0v) is 12.6. The van der Waals surface area contributed by atoms with Crippen LogP contribution in [0.3, 0.4) is 0 Å². The molecule has 0 bridgehead atoms. The van der Waals surface area contributed by atoms with Gasteiger partial charge in [-0.2, -0.15) is 0 Å². The number of fused-ring (bicyclic) bond motifs is 1. The average molecular weight is 267 g/mol. The quantitative estimate of drug-likeness (QED) is 0.787. The molecule has 3 heteroatoms. The van der Waals surface area contributed by atoms with Gasteiger partial charge in [-0.25, -0.2) is 15.0 Å². The van der Waals surface area contributed by atoms with E-state index in [0.717, 1.165) is 11.4 Å². The second kappa shape index (κ2) is 4.37. The molecule has 0 fully saturated rings. The molecule has 0 spiro atoms. The molecule has 0 amide bonds. The minimum Gasteiger partial charge on any atom is -0.225 e. The van der Waals surface area contributed by atoms with Crippen molar-refractivity contribution >= 4 is 0 Å². The van der Waals surface area contributed by atoms with Crippen LogP contribution in [0.15, 0.2) is 30.9 Å². The van der Waals surface area contributed by atoms with Gasteiger partial charge in [-0.05, 0) is 40.9 Å². The molecule has 0 atom stereocenters. The fourth-order valence-electron chi connectivity index (χ4n) is 3.12. The highest BCUT2D eigenvalue weighted by atomic mass is 15.0. The third-order valence-corrected chi connectivity index (χ3v) is 4.60. The molecule has 104 valence electrons. The smallest absolute Gasteiger partial charge is 0.162 e. The first-order valence-electron chi connectivity index (χ1n) is 7.18. The van der Waals surface area contributed by atoms with Crippen LogP contribution in [0.1, 0.15) is 51.7 Å². The average Bonchev–Trinajstić information content (AvgIpc) is 2.45. The summed E-state index contributed by atoms with van der Waals surface area (Å²) in [4.78, 5) is 12.4. The van der Waals surface area contributed by atoms with E-state index in [-0.39, 0.29) is 10.8 Å². The van der Waals surface area contributed by atoms with Crippen LogP contribution in [0.4, 0.5) is 0 Å². The van der Waals surface area contributed by atoms with E-state index in [1.54, 1.807) is 12.7 Å². The molecule has 2 aromatic rings. The lowest BCUT2D eigenvalue weighted by Crippen LogP contribution is -2.33. The molecule has 0 unspecified atom stereocenters. The Morgan fingerprint density at radius 1 is 0.850 bits per heavy atom. The normalized spacial score (nSPS) is 19.4. The summed E-state index contributed by atoms with van der Waals surface area (Å²) in [5, 5.41) is 0. The molecule has 0 radical (unpaired) electrons. The van der Waals surface area contributed by atoms with Crippen LogP contribution < -0.4 is 0 Å². The summed E-state index contributed by atoms with van der Waals surface area (Å²) in [5.41, 5.74) is 4.45. The molecule has 0 saturated carbocycles. The van der Waals surface area contributed by atoms with Crippen molar-refractivity contribution in [3.05, 3.63) is 42.0 Å². The van der Waals surface area contributed by atoms with Gasteiger partial charge in [0.15, 0.2) is 5.82 Å². The van der Waals surface area contributed by atoms with Crippen LogP contribution >= 0.6 is 0 Å². The molecule has 1 aromatic heterocycles. The van der Waals surface area contributed by atoms with Gasteiger partial charge in [-0.1, -0.05) is 39.8 Å². The maximum Gasteiger partial charge on any atom is 0.162 e. The highest BCUT2D eigenvalue weighted by Crippen LogP contribution is 2.46. The predicted molar refractivity (Wildman–Crippen MR) is 80.5 cm³/mol. The lowest BCUT2D eigenvalue weighted by molar-refractivity contribution is 0.332. The van der Waals surface area contributed by atoms with Gasteiger partial charge in [0.2, 0.25) is 0 Å². The first-order chi connectivity index (χ1) is 9.40. The Balaban J connectivity index is 2.16. The van der Waals surface area contributed by atoms with Gasteiger partial charge >= 0.3 is 0 Å². The van der Waals surface area contributed by atoms with Gasteiger partial charge < -0.3 is 0 Å². The zero-order chi connectivity index (χ0) is 14.4. The maximum atomic E-state index is 4.26. The van der Waals surface area contributed by atoms with E-state index in [1.165, 1.54) is 24.0 Å². The van der Waals surface area contributed by atoms with Crippen LogP contribution in [0.2, 0.25) is 0 Å². The van der Waals surface area contributed by atoms with Crippen molar-refractivity contribution in [1.82, 2.24) is 15.0 Å². The molecular formula is C17H21N3. The van der Waals surface area contributed by atoms with E-state index < -0.39 is 0 Å². The van der Waals surface area contributed by atoms with Crippen molar-refractivity contribution in [3.8, 4) is 11.4 Å². The van der Waals surface area contributed by atoms with Crippen LogP contribution in [0, 0.1) is 0 Å². The lowest BCUT2D eigenvalue weighted by Gasteiger charge is -2.42.